The van der Waals surface area contributed by atoms with Crippen LogP contribution in [0.5, 0.6) is 5.75 Å². The Balaban J connectivity index is 1.13. The lowest BCUT2D eigenvalue weighted by molar-refractivity contribution is 0.0659. The van der Waals surface area contributed by atoms with E-state index in [2.05, 4.69) is 46.0 Å². The Kier molecular flexibility index (Phi) is 8.28. The van der Waals surface area contributed by atoms with Crippen LogP contribution in [0.2, 0.25) is 0 Å². The minimum atomic E-state index is 0.0646. The molecule has 1 aliphatic heterocycles. The Bertz CT molecular complexity index is 1480. The molecule has 214 valence electrons. The molecule has 1 amide bonds. The fourth-order valence-electron chi connectivity index (χ4n) is 6.01. The molecule has 1 aromatic carbocycles. The number of aromatic amines is 1. The first-order chi connectivity index (χ1) is 20.0. The third-order valence-electron chi connectivity index (χ3n) is 8.52. The average Bonchev–Trinajstić information content (AvgIpc) is 3.40. The highest BCUT2D eigenvalue weighted by atomic mass is 16.5. The zero-order valence-corrected chi connectivity index (χ0v) is 24.2. The number of amides is 1. The summed E-state index contributed by atoms with van der Waals surface area (Å²) >= 11 is 0. The summed E-state index contributed by atoms with van der Waals surface area (Å²) in [5.74, 6) is 2.48. The molecule has 1 N–H and O–H groups in total. The smallest absolute Gasteiger partial charge is 0.270 e. The molecular formula is C33H40N6O2. The highest BCUT2D eigenvalue weighted by Crippen LogP contribution is 2.27. The van der Waals surface area contributed by atoms with Crippen LogP contribution in [0.15, 0.2) is 54.9 Å². The van der Waals surface area contributed by atoms with Crippen molar-refractivity contribution in [3.8, 4) is 17.1 Å². The number of hydrogen-bond donors (Lipinski definition) is 1. The first-order valence-electron chi connectivity index (χ1n) is 15.0. The first-order valence-corrected chi connectivity index (χ1v) is 15.0. The van der Waals surface area contributed by atoms with Crippen LogP contribution in [-0.4, -0.2) is 75.0 Å². The Labute approximate surface area is 242 Å². The molecule has 0 atom stereocenters. The normalized spacial score (nSPS) is 20.5. The van der Waals surface area contributed by atoms with Gasteiger partial charge in [-0.1, -0.05) is 25.8 Å². The molecule has 0 radical (unpaired) electrons. The molecule has 8 nitrogen and oxygen atoms in total. The van der Waals surface area contributed by atoms with Gasteiger partial charge in [-0.25, -0.2) is 9.97 Å². The largest absolute Gasteiger partial charge is 0.490 e. The van der Waals surface area contributed by atoms with E-state index in [0.29, 0.717) is 12.1 Å². The second-order valence-electron chi connectivity index (χ2n) is 11.8. The number of likely N-dealkylation sites (N-methyl/N-ethyl adjacent to an activating group) is 1. The minimum absolute atomic E-state index is 0.0646. The number of fused-ring (bicyclic) bond motifs is 1. The lowest BCUT2D eigenvalue weighted by atomic mass is 9.91. The lowest BCUT2D eigenvalue weighted by Crippen LogP contribution is -2.47. The summed E-state index contributed by atoms with van der Waals surface area (Å²) in [6, 6.07) is 14.0. The van der Waals surface area contributed by atoms with Crippen LogP contribution in [-0.2, 0) is 6.42 Å². The molecule has 6 rings (SSSR count). The van der Waals surface area contributed by atoms with Crippen LogP contribution in [0.4, 0.5) is 0 Å². The van der Waals surface area contributed by atoms with Crippen LogP contribution in [0.1, 0.15) is 67.3 Å². The second-order valence-corrected chi connectivity index (χ2v) is 11.8. The van der Waals surface area contributed by atoms with Crippen LogP contribution in [0.25, 0.3) is 22.3 Å². The molecule has 1 saturated heterocycles. The summed E-state index contributed by atoms with van der Waals surface area (Å²) in [7, 11) is 2.09. The van der Waals surface area contributed by atoms with Gasteiger partial charge in [0.25, 0.3) is 5.91 Å². The number of carbonyl (C=O) groups excluding carboxylic acids is 1. The van der Waals surface area contributed by atoms with Gasteiger partial charge in [0.1, 0.15) is 17.3 Å². The van der Waals surface area contributed by atoms with Gasteiger partial charge in [0, 0.05) is 62.0 Å². The van der Waals surface area contributed by atoms with E-state index in [0.717, 1.165) is 84.4 Å². The number of carbonyl (C=O) groups is 1. The molecule has 41 heavy (non-hydrogen) atoms. The highest BCUT2D eigenvalue weighted by Gasteiger charge is 2.22. The van der Waals surface area contributed by atoms with Crippen molar-refractivity contribution in [3.05, 3.63) is 71.9 Å². The topological polar surface area (TPSA) is 87.2 Å². The van der Waals surface area contributed by atoms with E-state index in [1.165, 1.54) is 25.7 Å². The van der Waals surface area contributed by atoms with Crippen LogP contribution < -0.4 is 4.74 Å². The van der Waals surface area contributed by atoms with Crippen molar-refractivity contribution >= 4 is 16.8 Å². The maximum atomic E-state index is 13.0. The summed E-state index contributed by atoms with van der Waals surface area (Å²) in [5, 5.41) is 1.02. The van der Waals surface area contributed by atoms with E-state index >= 15 is 0 Å². The van der Waals surface area contributed by atoms with E-state index in [1.807, 2.05) is 35.2 Å². The number of pyridine rings is 1. The van der Waals surface area contributed by atoms with Gasteiger partial charge in [0.2, 0.25) is 0 Å². The molecule has 2 fully saturated rings. The molecule has 8 heteroatoms. The van der Waals surface area contributed by atoms with Crippen LogP contribution in [0, 0.1) is 5.92 Å². The first kappa shape index (κ1) is 27.4. The quantitative estimate of drug-likeness (QED) is 0.328. The molecule has 0 unspecified atom stereocenters. The Hall–Kier alpha value is -3.78. The molecule has 3 aromatic heterocycles. The summed E-state index contributed by atoms with van der Waals surface area (Å²) < 4.78 is 6.40. The monoisotopic (exact) mass is 552 g/mol. The maximum Gasteiger partial charge on any atom is 0.270 e. The number of benzene rings is 1. The number of rotatable bonds is 6. The van der Waals surface area contributed by atoms with Crippen molar-refractivity contribution in [1.29, 1.82) is 0 Å². The Morgan fingerprint density at radius 2 is 1.71 bits per heavy atom. The molecule has 4 heterocycles. The minimum Gasteiger partial charge on any atom is -0.490 e. The number of hydrogen-bond acceptors (Lipinski definition) is 6. The zero-order chi connectivity index (χ0) is 28.2. The SMILES string of the molecule is CC1CCCC(Oc2ccnc(-c3ccnc(Cc4ccc5[nH]c(C(=O)N6CCN(C)CC6)cc5c4)n3)c2)CCC1. The van der Waals surface area contributed by atoms with Crippen molar-refractivity contribution in [1.82, 2.24) is 29.7 Å². The number of ether oxygens (including phenoxy) is 1. The van der Waals surface area contributed by atoms with E-state index < -0.39 is 0 Å². The second kappa shape index (κ2) is 12.4. The molecule has 0 spiro atoms. The molecule has 4 aromatic rings. The summed E-state index contributed by atoms with van der Waals surface area (Å²) in [6.45, 7) is 5.68. The summed E-state index contributed by atoms with van der Waals surface area (Å²) in [6.07, 6.45) is 11.7. The number of nitrogens with one attached hydrogen (secondary N) is 1. The van der Waals surface area contributed by atoms with Gasteiger partial charge in [-0.2, -0.15) is 0 Å². The van der Waals surface area contributed by atoms with Gasteiger partial charge in [0.15, 0.2) is 0 Å². The number of piperazine rings is 1. The third-order valence-corrected chi connectivity index (χ3v) is 8.52. The van der Waals surface area contributed by atoms with Gasteiger partial charge in [-0.15, -0.1) is 0 Å². The summed E-state index contributed by atoms with van der Waals surface area (Å²) in [4.78, 5) is 34.5. The standard InChI is InChI=1S/C33H40N6O2/c1-23-5-3-7-26(8-4-6-23)41-27-11-13-34-30(22-27)29-12-14-35-32(37-29)20-24-9-10-28-25(19-24)21-31(36-28)33(40)39-17-15-38(2)16-18-39/h9-14,19,21-23,26,36H,3-8,15-18,20H2,1-2H3. The molecule has 1 aliphatic carbocycles. The molecule has 0 bridgehead atoms. The summed E-state index contributed by atoms with van der Waals surface area (Å²) in [5.41, 5.74) is 4.27. The zero-order valence-electron chi connectivity index (χ0n) is 24.2. The van der Waals surface area contributed by atoms with E-state index in [9.17, 15) is 4.79 Å². The van der Waals surface area contributed by atoms with E-state index in [1.54, 1.807) is 12.4 Å². The Morgan fingerprint density at radius 3 is 2.51 bits per heavy atom. The third kappa shape index (κ3) is 6.76. The van der Waals surface area contributed by atoms with Crippen LogP contribution in [0.3, 0.4) is 0 Å². The van der Waals surface area contributed by atoms with Crippen molar-refractivity contribution < 1.29 is 9.53 Å². The number of aromatic nitrogens is 4. The van der Waals surface area contributed by atoms with Crippen LogP contribution >= 0.6 is 0 Å². The fourth-order valence-corrected chi connectivity index (χ4v) is 6.01. The van der Waals surface area contributed by atoms with E-state index in [4.69, 9.17) is 9.72 Å². The maximum absolute atomic E-state index is 13.0. The highest BCUT2D eigenvalue weighted by molar-refractivity contribution is 5.98. The Morgan fingerprint density at radius 1 is 0.927 bits per heavy atom. The average molecular weight is 553 g/mol. The van der Waals surface area contributed by atoms with Gasteiger partial charge >= 0.3 is 0 Å². The van der Waals surface area contributed by atoms with Gasteiger partial charge < -0.3 is 19.5 Å². The van der Waals surface area contributed by atoms with Gasteiger partial charge in [-0.3, -0.25) is 9.78 Å². The number of H-pyrrole nitrogens is 1. The van der Waals surface area contributed by atoms with Gasteiger partial charge in [0.05, 0.1) is 17.5 Å². The van der Waals surface area contributed by atoms with Gasteiger partial charge in [-0.05, 0) is 74.5 Å². The predicted molar refractivity (Wildman–Crippen MR) is 161 cm³/mol. The van der Waals surface area contributed by atoms with Crippen molar-refractivity contribution in [3.63, 3.8) is 0 Å². The molecule has 1 saturated carbocycles. The lowest BCUT2D eigenvalue weighted by Gasteiger charge is -2.32. The fraction of sp³-hybridized carbons (Fsp3) is 0.455. The van der Waals surface area contributed by atoms with Crippen molar-refractivity contribution in [2.45, 2.75) is 58.0 Å². The molecule has 2 aliphatic rings. The van der Waals surface area contributed by atoms with E-state index in [-0.39, 0.29) is 12.0 Å². The number of nitrogens with zero attached hydrogens (tertiary/aromatic N) is 5. The van der Waals surface area contributed by atoms with Crippen molar-refractivity contribution in [2.75, 3.05) is 33.2 Å². The van der Waals surface area contributed by atoms with Crippen molar-refractivity contribution in [2.24, 2.45) is 5.92 Å². The molecular weight excluding hydrogens is 512 g/mol. The predicted octanol–water partition coefficient (Wildman–Crippen LogP) is 5.74.